The number of benzene rings is 4. The minimum atomic E-state index is -5.08. The smallest absolute Gasteiger partial charge is 0.490 e. The van der Waals surface area contributed by atoms with E-state index in [-0.39, 0.29) is 6.61 Å². The number of halogens is 8. The zero-order chi connectivity index (χ0) is 44.0. The molecular weight excluding hydrogens is 837 g/mol. The Kier molecular flexibility index (Phi) is 14.3. The number of alkyl halides is 6. The van der Waals surface area contributed by atoms with Gasteiger partial charge in [-0.05, 0) is 93.6 Å². The molecule has 6 aromatic rings. The summed E-state index contributed by atoms with van der Waals surface area (Å²) in [6.07, 6.45) is -10.2. The molecule has 0 amide bonds. The van der Waals surface area contributed by atoms with Crippen molar-refractivity contribution in [2.24, 2.45) is 5.73 Å². The first kappa shape index (κ1) is 45.8. The normalized spacial score (nSPS) is 11.7. The standard InChI is InChI=1S/C35H32Cl2N4O4.2C2HF3O2/c1-35(2,3)45-32(42)19-44-23-8-12-29-27(18-23)34(25-10-6-21(37)16-31(25)40-29)41(14-13-38)33-24-9-5-20(36)15-30(24)39-28-11-7-22(43-4)17-26(28)33;2*3-2(4,5)1(6)7/h5-12,15-18H,13-14,19,38H2,1-4H3;2*(H,6,7). The van der Waals surface area contributed by atoms with Gasteiger partial charge in [-0.2, -0.15) is 26.3 Å². The third-order valence-electron chi connectivity index (χ3n) is 7.75. The maximum atomic E-state index is 12.5. The van der Waals surface area contributed by atoms with Crippen molar-refractivity contribution in [3.05, 3.63) is 82.8 Å². The Hall–Kier alpha value is -5.85. The average molecular weight is 872 g/mol. The molecule has 2 aromatic heterocycles. The number of nitrogens with two attached hydrogens (primary N) is 1. The minimum Gasteiger partial charge on any atom is -0.497 e. The van der Waals surface area contributed by atoms with Crippen LogP contribution in [0.3, 0.4) is 0 Å². The van der Waals surface area contributed by atoms with Gasteiger partial charge < -0.3 is 35.1 Å². The summed E-state index contributed by atoms with van der Waals surface area (Å²) in [6, 6.07) is 22.7. The van der Waals surface area contributed by atoms with Crippen LogP contribution in [0.1, 0.15) is 20.8 Å². The number of hydrogen-bond donors (Lipinski definition) is 3. The first-order valence-electron chi connectivity index (χ1n) is 17.0. The molecule has 6 rings (SSSR count). The Morgan fingerprint density at radius 1 is 0.678 bits per heavy atom. The van der Waals surface area contributed by atoms with Gasteiger partial charge in [0.05, 0.1) is 40.6 Å². The van der Waals surface area contributed by atoms with Gasteiger partial charge in [-0.15, -0.1) is 0 Å². The highest BCUT2D eigenvalue weighted by molar-refractivity contribution is 6.32. The molecule has 314 valence electrons. The monoisotopic (exact) mass is 870 g/mol. The molecule has 0 unspecified atom stereocenters. The summed E-state index contributed by atoms with van der Waals surface area (Å²) in [6.45, 7) is 6.01. The molecule has 4 aromatic carbocycles. The average Bonchev–Trinajstić information content (AvgIpc) is 3.13. The van der Waals surface area contributed by atoms with Crippen LogP contribution in [-0.2, 0) is 19.1 Å². The number of carboxylic acids is 2. The van der Waals surface area contributed by atoms with Crippen molar-refractivity contribution in [3.63, 3.8) is 0 Å². The summed E-state index contributed by atoms with van der Waals surface area (Å²) < 4.78 is 80.5. The van der Waals surface area contributed by atoms with Crippen molar-refractivity contribution in [1.29, 1.82) is 0 Å². The molecule has 0 aliphatic heterocycles. The Morgan fingerprint density at radius 3 is 1.49 bits per heavy atom. The number of carbonyl (C=O) groups is 3. The van der Waals surface area contributed by atoms with Crippen LogP contribution >= 0.6 is 23.2 Å². The number of hydrogen-bond acceptors (Lipinski definition) is 10. The van der Waals surface area contributed by atoms with E-state index in [9.17, 15) is 31.1 Å². The quantitative estimate of drug-likeness (QED) is 0.0752. The molecule has 0 saturated heterocycles. The number of pyridine rings is 2. The van der Waals surface area contributed by atoms with Crippen molar-refractivity contribution in [2.75, 3.05) is 31.7 Å². The summed E-state index contributed by atoms with van der Waals surface area (Å²) >= 11 is 12.9. The predicted molar refractivity (Wildman–Crippen MR) is 210 cm³/mol. The van der Waals surface area contributed by atoms with Gasteiger partial charge in [-0.1, -0.05) is 23.2 Å². The fourth-order valence-corrected chi connectivity index (χ4v) is 5.86. The number of esters is 1. The molecule has 2 heterocycles. The SMILES string of the molecule is COc1ccc2nc3cc(Cl)ccc3c(N(CCN)c3c4ccc(Cl)cc4nc4ccc(OCC(=O)OC(C)(C)C)cc34)c2c1.O=C(O)C(F)(F)F.O=C(O)C(F)(F)F. The minimum absolute atomic E-state index is 0.235. The van der Waals surface area contributed by atoms with E-state index in [4.69, 9.17) is 72.9 Å². The van der Waals surface area contributed by atoms with Gasteiger partial charge in [0.25, 0.3) is 0 Å². The zero-order valence-corrected chi connectivity index (χ0v) is 32.8. The lowest BCUT2D eigenvalue weighted by Gasteiger charge is -2.30. The van der Waals surface area contributed by atoms with Crippen LogP contribution in [0.25, 0.3) is 43.6 Å². The van der Waals surface area contributed by atoms with Gasteiger partial charge in [0.1, 0.15) is 17.1 Å². The molecule has 4 N–H and O–H groups in total. The number of fused-ring (bicyclic) bond motifs is 4. The predicted octanol–water partition coefficient (Wildman–Crippen LogP) is 9.49. The van der Waals surface area contributed by atoms with E-state index >= 15 is 0 Å². The molecule has 0 radical (unpaired) electrons. The van der Waals surface area contributed by atoms with Crippen LogP contribution in [0.15, 0.2) is 72.8 Å². The van der Waals surface area contributed by atoms with Crippen LogP contribution in [-0.4, -0.2) is 82.8 Å². The Morgan fingerprint density at radius 2 is 1.10 bits per heavy atom. The fourth-order valence-electron chi connectivity index (χ4n) is 5.53. The number of aromatic nitrogens is 2. The Balaban J connectivity index is 0.000000471. The highest BCUT2D eigenvalue weighted by Crippen LogP contribution is 2.45. The lowest BCUT2D eigenvalue weighted by Crippen LogP contribution is -2.27. The second-order valence-electron chi connectivity index (χ2n) is 13.2. The van der Waals surface area contributed by atoms with Crippen molar-refractivity contribution in [2.45, 2.75) is 38.7 Å². The topological polar surface area (TPSA) is 174 Å². The van der Waals surface area contributed by atoms with E-state index in [0.717, 1.165) is 55.0 Å². The second kappa shape index (κ2) is 18.4. The van der Waals surface area contributed by atoms with Gasteiger partial charge >= 0.3 is 30.3 Å². The summed E-state index contributed by atoms with van der Waals surface area (Å²) in [7, 11) is 1.64. The number of carboxylic acid groups (broad SMARTS) is 2. The van der Waals surface area contributed by atoms with E-state index in [2.05, 4.69) is 4.90 Å². The fraction of sp³-hybridized carbons (Fsp3) is 0.256. The molecule has 0 aliphatic carbocycles. The van der Waals surface area contributed by atoms with Gasteiger partial charge in [0, 0.05) is 44.7 Å². The van der Waals surface area contributed by atoms with E-state index in [1.807, 2.05) is 87.5 Å². The molecule has 0 atom stereocenters. The molecule has 59 heavy (non-hydrogen) atoms. The molecule has 20 heteroatoms. The lowest BCUT2D eigenvalue weighted by atomic mass is 10.0. The van der Waals surface area contributed by atoms with E-state index in [0.29, 0.717) is 34.6 Å². The number of rotatable bonds is 8. The van der Waals surface area contributed by atoms with Crippen LogP contribution in [0.5, 0.6) is 11.5 Å². The summed E-state index contributed by atoms with van der Waals surface area (Å²) in [5, 5.41) is 18.8. The van der Waals surface area contributed by atoms with E-state index in [1.54, 1.807) is 13.2 Å². The van der Waals surface area contributed by atoms with E-state index in [1.165, 1.54) is 0 Å². The molecule has 0 spiro atoms. The van der Waals surface area contributed by atoms with Crippen molar-refractivity contribution in [3.8, 4) is 11.5 Å². The summed E-state index contributed by atoms with van der Waals surface area (Å²) in [5.74, 6) is -4.78. The largest absolute Gasteiger partial charge is 0.497 e. The highest BCUT2D eigenvalue weighted by Gasteiger charge is 2.39. The van der Waals surface area contributed by atoms with Gasteiger partial charge in [-0.25, -0.2) is 24.4 Å². The van der Waals surface area contributed by atoms with Crippen LogP contribution in [0, 0.1) is 0 Å². The molecule has 0 saturated carbocycles. The maximum absolute atomic E-state index is 12.5. The maximum Gasteiger partial charge on any atom is 0.490 e. The van der Waals surface area contributed by atoms with Crippen LogP contribution < -0.4 is 20.1 Å². The molecular formula is C39H34Cl2F6N4O8. The number of anilines is 2. The number of methoxy groups -OCH3 is 1. The molecule has 0 aliphatic rings. The summed E-state index contributed by atoms with van der Waals surface area (Å²) in [4.78, 5) is 42.3. The Bertz CT molecular complexity index is 2510. The molecule has 12 nitrogen and oxygen atoms in total. The van der Waals surface area contributed by atoms with E-state index < -0.39 is 35.9 Å². The number of ether oxygens (including phenoxy) is 3. The lowest BCUT2D eigenvalue weighted by molar-refractivity contribution is -0.193. The third-order valence-corrected chi connectivity index (χ3v) is 8.22. The van der Waals surface area contributed by atoms with Crippen molar-refractivity contribution >= 4 is 96.1 Å². The van der Waals surface area contributed by atoms with Gasteiger partial charge in [-0.3, -0.25) is 0 Å². The number of carbonyl (C=O) groups excluding carboxylic acids is 1. The molecule has 0 bridgehead atoms. The van der Waals surface area contributed by atoms with Crippen LogP contribution in [0.2, 0.25) is 10.0 Å². The molecule has 0 fully saturated rings. The zero-order valence-electron chi connectivity index (χ0n) is 31.3. The van der Waals surface area contributed by atoms with Crippen molar-refractivity contribution < 1.29 is 65.1 Å². The number of nitrogens with zero attached hydrogens (tertiary/aromatic N) is 3. The first-order valence-corrected chi connectivity index (χ1v) is 17.7. The third kappa shape index (κ3) is 11.9. The van der Waals surface area contributed by atoms with Gasteiger partial charge in [0.2, 0.25) is 0 Å². The van der Waals surface area contributed by atoms with Crippen LogP contribution in [0.4, 0.5) is 37.7 Å². The van der Waals surface area contributed by atoms with Gasteiger partial charge in [0.15, 0.2) is 6.61 Å². The second-order valence-corrected chi connectivity index (χ2v) is 14.1. The first-order chi connectivity index (χ1) is 27.4. The Labute approximate surface area is 341 Å². The van der Waals surface area contributed by atoms with Crippen molar-refractivity contribution in [1.82, 2.24) is 9.97 Å². The summed E-state index contributed by atoms with van der Waals surface area (Å²) in [5.41, 5.74) is 10.4. The highest BCUT2D eigenvalue weighted by atomic mass is 35.5. The number of aliphatic carboxylic acids is 2.